The summed E-state index contributed by atoms with van der Waals surface area (Å²) in [6.07, 6.45) is 1.54. The van der Waals surface area contributed by atoms with Gasteiger partial charge in [0.1, 0.15) is 17.8 Å². The largest absolute Gasteiger partial charge is 0.406 e. The second kappa shape index (κ2) is 8.91. The maximum atomic E-state index is 12.5. The Morgan fingerprint density at radius 1 is 1.22 bits per heavy atom. The van der Waals surface area contributed by atoms with E-state index in [0.29, 0.717) is 0 Å². The summed E-state index contributed by atoms with van der Waals surface area (Å²) >= 11 is 0. The molecule has 2 aromatic rings. The SMILES string of the molecule is CC(C)(C)[Si](C)(C)O[C@H]1[C@H](n2ccc(=O)[nH]c2=O)O[C@H](CO)[C@]1(O)C=Cc1ccccc1. The summed E-state index contributed by atoms with van der Waals surface area (Å²) < 4.78 is 13.8. The number of aromatic nitrogens is 2. The van der Waals surface area contributed by atoms with E-state index in [1.54, 1.807) is 12.2 Å². The molecule has 1 fully saturated rings. The highest BCUT2D eigenvalue weighted by atomic mass is 28.4. The number of benzene rings is 1. The normalized spacial score (nSPS) is 26.7. The number of H-pyrrole nitrogens is 1. The number of nitrogens with one attached hydrogen (secondary N) is 1. The lowest BCUT2D eigenvalue weighted by Crippen LogP contribution is -2.55. The van der Waals surface area contributed by atoms with Crippen LogP contribution >= 0.6 is 0 Å². The Morgan fingerprint density at radius 2 is 1.88 bits per heavy atom. The van der Waals surface area contributed by atoms with Crippen molar-refractivity contribution in [3.05, 3.63) is 75.1 Å². The first-order valence-corrected chi connectivity index (χ1v) is 13.5. The van der Waals surface area contributed by atoms with Crippen LogP contribution in [-0.4, -0.2) is 52.5 Å². The topological polar surface area (TPSA) is 114 Å². The van der Waals surface area contributed by atoms with Gasteiger partial charge in [0, 0.05) is 12.3 Å². The summed E-state index contributed by atoms with van der Waals surface area (Å²) in [6.45, 7) is 9.79. The Balaban J connectivity index is 2.12. The van der Waals surface area contributed by atoms with Gasteiger partial charge in [0.05, 0.1) is 6.61 Å². The maximum Gasteiger partial charge on any atom is 0.330 e. The molecule has 0 unspecified atom stereocenters. The second-order valence-electron chi connectivity index (χ2n) is 9.65. The zero-order valence-electron chi connectivity index (χ0n) is 19.1. The quantitative estimate of drug-likeness (QED) is 0.570. The lowest BCUT2D eigenvalue weighted by Gasteiger charge is -2.42. The number of ether oxygens (including phenoxy) is 1. The smallest absolute Gasteiger partial charge is 0.330 e. The molecule has 1 aliphatic heterocycles. The number of aliphatic hydroxyl groups excluding tert-OH is 1. The fraction of sp³-hybridized carbons (Fsp3) is 0.478. The molecule has 4 atom stereocenters. The van der Waals surface area contributed by atoms with Gasteiger partial charge in [-0.1, -0.05) is 57.2 Å². The van der Waals surface area contributed by atoms with Gasteiger partial charge in [0.15, 0.2) is 14.5 Å². The van der Waals surface area contributed by atoms with E-state index in [4.69, 9.17) is 9.16 Å². The van der Waals surface area contributed by atoms with Crippen LogP contribution < -0.4 is 11.2 Å². The molecule has 0 bridgehead atoms. The summed E-state index contributed by atoms with van der Waals surface area (Å²) in [5.41, 5.74) is -2.09. The van der Waals surface area contributed by atoms with E-state index >= 15 is 0 Å². The summed E-state index contributed by atoms with van der Waals surface area (Å²) in [5, 5.41) is 21.7. The van der Waals surface area contributed by atoms with Crippen LogP contribution in [0, 0.1) is 0 Å². The van der Waals surface area contributed by atoms with Crippen LogP contribution in [0.3, 0.4) is 0 Å². The van der Waals surface area contributed by atoms with Crippen molar-refractivity contribution in [1.82, 2.24) is 9.55 Å². The summed E-state index contributed by atoms with van der Waals surface area (Å²) in [5.74, 6) is 0. The molecule has 0 saturated carbocycles. The Kier molecular flexibility index (Phi) is 6.78. The van der Waals surface area contributed by atoms with Gasteiger partial charge in [-0.2, -0.15) is 0 Å². The number of hydrogen-bond acceptors (Lipinski definition) is 6. The van der Waals surface area contributed by atoms with Gasteiger partial charge in [0.2, 0.25) is 0 Å². The molecule has 0 spiro atoms. The standard InChI is InChI=1S/C23H32N2O6Si/c1-22(2,3)32(4,5)31-19-20(25-14-12-18(27)24-21(25)28)30-17(15-26)23(19,29)13-11-16-9-7-6-8-10-16/h6-14,17,19-20,26,29H,15H2,1-5H3,(H,24,27,28)/t17-,19+,20-,23-/m1/s1. The van der Waals surface area contributed by atoms with Crippen molar-refractivity contribution in [3.63, 3.8) is 0 Å². The second-order valence-corrected chi connectivity index (χ2v) is 14.4. The molecule has 8 nitrogen and oxygen atoms in total. The molecule has 174 valence electrons. The van der Waals surface area contributed by atoms with E-state index in [-0.39, 0.29) is 5.04 Å². The molecule has 1 aromatic carbocycles. The summed E-state index contributed by atoms with van der Waals surface area (Å²) in [7, 11) is -2.46. The van der Waals surface area contributed by atoms with Crippen LogP contribution in [0.5, 0.6) is 0 Å². The Morgan fingerprint density at radius 3 is 2.44 bits per heavy atom. The van der Waals surface area contributed by atoms with Gasteiger partial charge in [-0.3, -0.25) is 14.3 Å². The van der Waals surface area contributed by atoms with E-state index in [1.165, 1.54) is 16.8 Å². The molecule has 0 aliphatic carbocycles. The minimum absolute atomic E-state index is 0.186. The predicted molar refractivity (Wildman–Crippen MR) is 125 cm³/mol. The average molecular weight is 461 g/mol. The molecule has 3 rings (SSSR count). The van der Waals surface area contributed by atoms with Gasteiger partial charge < -0.3 is 19.4 Å². The summed E-state index contributed by atoms with van der Waals surface area (Å²) in [6, 6.07) is 10.6. The van der Waals surface area contributed by atoms with Crippen LogP contribution in [0.2, 0.25) is 18.1 Å². The molecular weight excluding hydrogens is 428 g/mol. The highest BCUT2D eigenvalue weighted by molar-refractivity contribution is 6.74. The summed E-state index contributed by atoms with van der Waals surface area (Å²) in [4.78, 5) is 26.3. The first-order chi connectivity index (χ1) is 14.9. The average Bonchev–Trinajstić information content (AvgIpc) is 2.98. The molecule has 1 saturated heterocycles. The van der Waals surface area contributed by atoms with Gasteiger partial charge >= 0.3 is 5.69 Å². The Bertz CT molecular complexity index is 1070. The van der Waals surface area contributed by atoms with Crippen molar-refractivity contribution in [2.24, 2.45) is 0 Å². The van der Waals surface area contributed by atoms with E-state index in [2.05, 4.69) is 25.8 Å². The monoisotopic (exact) mass is 460 g/mol. The molecule has 9 heteroatoms. The number of nitrogens with zero attached hydrogens (tertiary/aromatic N) is 1. The Labute approximate surface area is 188 Å². The van der Waals surface area contributed by atoms with Gasteiger partial charge in [-0.25, -0.2) is 4.79 Å². The van der Waals surface area contributed by atoms with Crippen molar-refractivity contribution in [1.29, 1.82) is 0 Å². The molecule has 3 N–H and O–H groups in total. The zero-order chi connectivity index (χ0) is 23.7. The van der Waals surface area contributed by atoms with Crippen molar-refractivity contribution < 1.29 is 19.4 Å². The van der Waals surface area contributed by atoms with E-state index in [0.717, 1.165) is 5.56 Å². The van der Waals surface area contributed by atoms with Gasteiger partial charge in [-0.05, 0) is 29.8 Å². The van der Waals surface area contributed by atoms with Gasteiger partial charge in [0.25, 0.3) is 5.56 Å². The Hall–Kier alpha value is -2.30. The number of hydrogen-bond donors (Lipinski definition) is 3. The van der Waals surface area contributed by atoms with Crippen molar-refractivity contribution in [2.75, 3.05) is 6.61 Å². The molecule has 0 amide bonds. The molecule has 0 radical (unpaired) electrons. The third kappa shape index (κ3) is 4.72. The first kappa shape index (κ1) is 24.3. The highest BCUT2D eigenvalue weighted by Gasteiger charge is 2.58. The van der Waals surface area contributed by atoms with Crippen LogP contribution in [0.1, 0.15) is 32.6 Å². The molecular formula is C23H32N2O6Si. The van der Waals surface area contributed by atoms with Crippen LogP contribution in [0.15, 0.2) is 58.3 Å². The molecule has 2 heterocycles. The van der Waals surface area contributed by atoms with Gasteiger partial charge in [-0.15, -0.1) is 0 Å². The predicted octanol–water partition coefficient (Wildman–Crippen LogP) is 2.26. The minimum atomic E-state index is -2.46. The fourth-order valence-electron chi connectivity index (χ4n) is 3.43. The van der Waals surface area contributed by atoms with E-state index in [1.807, 2.05) is 43.4 Å². The van der Waals surface area contributed by atoms with Crippen molar-refractivity contribution >= 4 is 14.4 Å². The van der Waals surface area contributed by atoms with Crippen LogP contribution in [0.25, 0.3) is 6.08 Å². The highest BCUT2D eigenvalue weighted by Crippen LogP contribution is 2.45. The number of rotatable bonds is 6. The van der Waals surface area contributed by atoms with E-state index in [9.17, 15) is 19.8 Å². The lowest BCUT2D eigenvalue weighted by molar-refractivity contribution is -0.0653. The van der Waals surface area contributed by atoms with Crippen LogP contribution in [0.4, 0.5) is 0 Å². The first-order valence-electron chi connectivity index (χ1n) is 10.6. The number of aromatic amines is 1. The molecule has 1 aromatic heterocycles. The zero-order valence-corrected chi connectivity index (χ0v) is 20.1. The van der Waals surface area contributed by atoms with Crippen molar-refractivity contribution in [3.8, 4) is 0 Å². The van der Waals surface area contributed by atoms with Crippen molar-refractivity contribution in [2.45, 2.75) is 62.9 Å². The number of aliphatic hydroxyl groups is 2. The fourth-order valence-corrected chi connectivity index (χ4v) is 4.73. The maximum absolute atomic E-state index is 12.5. The lowest BCUT2D eigenvalue weighted by atomic mass is 9.91. The van der Waals surface area contributed by atoms with Crippen LogP contribution in [-0.2, 0) is 9.16 Å². The van der Waals surface area contributed by atoms with E-state index < -0.39 is 50.2 Å². The minimum Gasteiger partial charge on any atom is -0.406 e. The molecule has 32 heavy (non-hydrogen) atoms. The third-order valence-corrected chi connectivity index (χ3v) is 10.9. The third-order valence-electron chi connectivity index (χ3n) is 6.40. The molecule has 1 aliphatic rings.